The third kappa shape index (κ3) is 4.99. The summed E-state index contributed by atoms with van der Waals surface area (Å²) in [7, 11) is -3.77. The van der Waals surface area contributed by atoms with Crippen LogP contribution in [0.1, 0.15) is 30.9 Å². The third-order valence-corrected chi connectivity index (χ3v) is 6.23. The lowest BCUT2D eigenvalue weighted by molar-refractivity contribution is 0.585. The van der Waals surface area contributed by atoms with Gasteiger partial charge >= 0.3 is 0 Å². The monoisotopic (exact) mass is 465 g/mol. The van der Waals surface area contributed by atoms with E-state index < -0.39 is 10.0 Å². The molecule has 28 heavy (non-hydrogen) atoms. The number of halogens is 2. The zero-order chi connectivity index (χ0) is 20.1. The van der Waals surface area contributed by atoms with Gasteiger partial charge in [0.05, 0.1) is 15.9 Å². The van der Waals surface area contributed by atoms with Crippen LogP contribution in [0.15, 0.2) is 64.1 Å². The van der Waals surface area contributed by atoms with E-state index in [1.807, 2.05) is 12.1 Å². The maximum absolute atomic E-state index is 13.8. The first-order chi connectivity index (χ1) is 13.4. The van der Waals surface area contributed by atoms with E-state index in [-0.39, 0.29) is 23.1 Å². The smallest absolute Gasteiger partial charge is 0.263 e. The first kappa shape index (κ1) is 20.5. The molecule has 2 aromatic carbocycles. The van der Waals surface area contributed by atoms with E-state index in [9.17, 15) is 12.8 Å². The van der Waals surface area contributed by atoms with Crippen LogP contribution in [0.25, 0.3) is 0 Å². The van der Waals surface area contributed by atoms with Gasteiger partial charge in [0.25, 0.3) is 10.0 Å². The number of nitrogens with zero attached hydrogens (tertiary/aromatic N) is 2. The summed E-state index contributed by atoms with van der Waals surface area (Å²) in [5, 5.41) is 4.23. The van der Waals surface area contributed by atoms with Gasteiger partial charge in [-0.25, -0.2) is 12.8 Å². The van der Waals surface area contributed by atoms with Crippen LogP contribution in [-0.4, -0.2) is 18.2 Å². The molecule has 0 aliphatic rings. The average molecular weight is 466 g/mol. The first-order valence-corrected chi connectivity index (χ1v) is 11.2. The Morgan fingerprint density at radius 1 is 1.14 bits per heavy atom. The number of unbranched alkanes of at least 4 members (excludes halogenated alkanes) is 1. The Labute approximate surface area is 172 Å². The fourth-order valence-corrected chi connectivity index (χ4v) is 4.31. The summed E-state index contributed by atoms with van der Waals surface area (Å²) in [5.41, 5.74) is 1.57. The van der Waals surface area contributed by atoms with Crippen LogP contribution in [0, 0.1) is 5.82 Å². The van der Waals surface area contributed by atoms with E-state index >= 15 is 0 Å². The molecule has 3 rings (SSSR count). The Morgan fingerprint density at radius 2 is 1.86 bits per heavy atom. The normalized spacial score (nSPS) is 11.5. The van der Waals surface area contributed by atoms with Crippen molar-refractivity contribution in [3.8, 4) is 0 Å². The van der Waals surface area contributed by atoms with Gasteiger partial charge in [-0.1, -0.05) is 43.7 Å². The lowest BCUT2D eigenvalue weighted by atomic mass is 10.1. The van der Waals surface area contributed by atoms with Gasteiger partial charge < -0.3 is 0 Å². The maximum atomic E-state index is 13.8. The van der Waals surface area contributed by atoms with Gasteiger partial charge in [0, 0.05) is 11.8 Å². The molecule has 0 aliphatic carbocycles. The molecular weight excluding hydrogens is 445 g/mol. The van der Waals surface area contributed by atoms with Crippen molar-refractivity contribution in [2.24, 2.45) is 0 Å². The third-order valence-electron chi connectivity index (χ3n) is 4.29. The molecule has 5 nitrogen and oxygen atoms in total. The molecule has 8 heteroatoms. The fraction of sp³-hybridized carbons (Fsp3) is 0.250. The predicted octanol–water partition coefficient (Wildman–Crippen LogP) is 4.98. The minimum absolute atomic E-state index is 0.159. The molecule has 0 amide bonds. The second-order valence-electron chi connectivity index (χ2n) is 6.47. The van der Waals surface area contributed by atoms with Gasteiger partial charge in [0.15, 0.2) is 5.82 Å². The van der Waals surface area contributed by atoms with E-state index in [2.05, 4.69) is 32.7 Å². The lowest BCUT2D eigenvalue weighted by Crippen LogP contribution is -2.14. The maximum Gasteiger partial charge on any atom is 0.263 e. The van der Waals surface area contributed by atoms with Crippen LogP contribution in [0.2, 0.25) is 0 Å². The molecule has 0 fully saturated rings. The molecule has 3 aromatic rings. The summed E-state index contributed by atoms with van der Waals surface area (Å²) in [6.07, 6.45) is 4.69. The van der Waals surface area contributed by atoms with E-state index in [1.54, 1.807) is 36.5 Å². The highest BCUT2D eigenvalue weighted by Crippen LogP contribution is 2.24. The summed E-state index contributed by atoms with van der Waals surface area (Å²) < 4.78 is 43.6. The average Bonchev–Trinajstić information content (AvgIpc) is 3.00. The Morgan fingerprint density at radius 3 is 2.54 bits per heavy atom. The molecule has 0 saturated heterocycles. The highest BCUT2D eigenvalue weighted by Gasteiger charge is 2.18. The zero-order valence-electron chi connectivity index (χ0n) is 15.4. The number of sulfonamides is 1. The van der Waals surface area contributed by atoms with Crippen LogP contribution in [-0.2, 0) is 23.0 Å². The quantitative estimate of drug-likeness (QED) is 0.510. The molecule has 0 spiro atoms. The SMILES string of the molecule is CCCCc1ccc(S(=O)(=O)Nc2nn(Cc3ccccc3F)cc2Br)cc1. The first-order valence-electron chi connectivity index (χ1n) is 8.97. The van der Waals surface area contributed by atoms with Crippen LogP contribution in [0.3, 0.4) is 0 Å². The lowest BCUT2D eigenvalue weighted by Gasteiger charge is -2.07. The summed E-state index contributed by atoms with van der Waals surface area (Å²) in [5.74, 6) is -0.175. The molecule has 1 N–H and O–H groups in total. The molecule has 0 saturated carbocycles. The van der Waals surface area contributed by atoms with Gasteiger partial charge in [-0.3, -0.25) is 9.40 Å². The molecule has 1 heterocycles. The minimum Gasteiger partial charge on any atom is -0.265 e. The van der Waals surface area contributed by atoms with Gasteiger partial charge in [-0.15, -0.1) is 0 Å². The molecular formula is C20H21BrFN3O2S. The van der Waals surface area contributed by atoms with E-state index in [1.165, 1.54) is 10.7 Å². The number of aromatic nitrogens is 2. The molecule has 1 aromatic heterocycles. The molecule has 148 valence electrons. The highest BCUT2D eigenvalue weighted by molar-refractivity contribution is 9.10. The second-order valence-corrected chi connectivity index (χ2v) is 9.00. The Balaban J connectivity index is 1.75. The number of aryl methyl sites for hydroxylation is 1. The summed E-state index contributed by atoms with van der Waals surface area (Å²) in [6.45, 7) is 2.31. The van der Waals surface area contributed by atoms with E-state index in [0.717, 1.165) is 24.8 Å². The van der Waals surface area contributed by atoms with Crippen molar-refractivity contribution in [1.29, 1.82) is 0 Å². The largest absolute Gasteiger partial charge is 0.265 e. The molecule has 0 radical (unpaired) electrons. The van der Waals surface area contributed by atoms with Gasteiger partial charge in [0.1, 0.15) is 5.82 Å². The van der Waals surface area contributed by atoms with Crippen molar-refractivity contribution in [2.75, 3.05) is 4.72 Å². The molecule has 0 atom stereocenters. The van der Waals surface area contributed by atoms with Crippen molar-refractivity contribution < 1.29 is 12.8 Å². The second kappa shape index (κ2) is 8.87. The van der Waals surface area contributed by atoms with E-state index in [0.29, 0.717) is 10.0 Å². The van der Waals surface area contributed by atoms with Crippen LogP contribution in [0.4, 0.5) is 10.2 Å². The number of hydrogen-bond acceptors (Lipinski definition) is 3. The van der Waals surface area contributed by atoms with Crippen molar-refractivity contribution in [2.45, 2.75) is 37.6 Å². The number of hydrogen-bond donors (Lipinski definition) is 1. The summed E-state index contributed by atoms with van der Waals surface area (Å²) >= 11 is 3.31. The van der Waals surface area contributed by atoms with Gasteiger partial charge in [-0.2, -0.15) is 5.10 Å². The zero-order valence-corrected chi connectivity index (χ0v) is 17.8. The van der Waals surface area contributed by atoms with Crippen molar-refractivity contribution in [3.63, 3.8) is 0 Å². The topological polar surface area (TPSA) is 64.0 Å². The number of rotatable bonds is 8. The van der Waals surface area contributed by atoms with E-state index in [4.69, 9.17) is 0 Å². The predicted molar refractivity (Wildman–Crippen MR) is 111 cm³/mol. The Hall–Kier alpha value is -2.19. The summed E-state index contributed by atoms with van der Waals surface area (Å²) in [4.78, 5) is 0.170. The van der Waals surface area contributed by atoms with Crippen molar-refractivity contribution >= 4 is 31.8 Å². The highest BCUT2D eigenvalue weighted by atomic mass is 79.9. The molecule has 0 aliphatic heterocycles. The Bertz CT molecular complexity index is 1050. The molecule has 0 unspecified atom stereocenters. The van der Waals surface area contributed by atoms with Gasteiger partial charge in [-0.05, 0) is 52.5 Å². The number of benzene rings is 2. The van der Waals surface area contributed by atoms with Crippen molar-refractivity contribution in [1.82, 2.24) is 9.78 Å². The minimum atomic E-state index is -3.77. The Kier molecular flexibility index (Phi) is 6.51. The molecule has 0 bridgehead atoms. The van der Waals surface area contributed by atoms with Crippen LogP contribution < -0.4 is 4.72 Å². The van der Waals surface area contributed by atoms with Gasteiger partial charge in [0.2, 0.25) is 0 Å². The summed E-state index contributed by atoms with van der Waals surface area (Å²) in [6, 6.07) is 13.2. The van der Waals surface area contributed by atoms with Crippen LogP contribution >= 0.6 is 15.9 Å². The fourth-order valence-electron chi connectivity index (χ4n) is 2.75. The number of nitrogens with one attached hydrogen (secondary N) is 1. The standard InChI is InChI=1S/C20H21BrFN3O2S/c1-2-3-6-15-9-11-17(12-10-15)28(26,27)24-20-18(21)14-25(23-20)13-16-7-4-5-8-19(16)22/h4-5,7-12,14H,2-3,6,13H2,1H3,(H,23,24). The van der Waals surface area contributed by atoms with Crippen molar-refractivity contribution in [3.05, 3.63) is 76.1 Å². The number of anilines is 1. The van der Waals surface area contributed by atoms with Crippen LogP contribution in [0.5, 0.6) is 0 Å².